The van der Waals surface area contributed by atoms with E-state index in [1.54, 1.807) is 29.6 Å². The Morgan fingerprint density at radius 2 is 2.04 bits per heavy atom. The van der Waals surface area contributed by atoms with Gasteiger partial charge in [0.1, 0.15) is 10.0 Å². The lowest BCUT2D eigenvalue weighted by Gasteiger charge is -2.30. The molecule has 1 aromatic carbocycles. The molecule has 0 radical (unpaired) electrons. The highest BCUT2D eigenvalue weighted by Crippen LogP contribution is 2.26. The smallest absolute Gasteiger partial charge is 0.252 e. The fourth-order valence-corrected chi connectivity index (χ4v) is 5.88. The summed E-state index contributed by atoms with van der Waals surface area (Å²) in [4.78, 5) is 12.4. The number of benzene rings is 1. The van der Waals surface area contributed by atoms with Gasteiger partial charge in [0.2, 0.25) is 5.91 Å². The lowest BCUT2D eigenvalue weighted by Crippen LogP contribution is -2.45. The highest BCUT2D eigenvalue weighted by Gasteiger charge is 2.33. The Labute approximate surface area is 163 Å². The van der Waals surface area contributed by atoms with E-state index < -0.39 is 10.0 Å². The molecule has 0 unspecified atom stereocenters. The van der Waals surface area contributed by atoms with Gasteiger partial charge < -0.3 is 5.32 Å². The molecule has 1 aliphatic rings. The summed E-state index contributed by atoms with van der Waals surface area (Å²) in [6.07, 6.45) is 2.88. The summed E-state index contributed by atoms with van der Waals surface area (Å²) >= 11 is 1.20. The van der Waals surface area contributed by atoms with Crippen LogP contribution in [0.15, 0.2) is 46.0 Å². The maximum Gasteiger partial charge on any atom is 0.252 e. The summed E-state index contributed by atoms with van der Waals surface area (Å²) in [5.41, 5.74) is 1.02. The minimum Gasteiger partial charge on any atom is -0.356 e. The van der Waals surface area contributed by atoms with Crippen molar-refractivity contribution in [3.63, 3.8) is 0 Å². The molecule has 1 amide bonds. The molecule has 1 N–H and O–H groups in total. The summed E-state index contributed by atoms with van der Waals surface area (Å²) < 4.78 is 39.9. The van der Waals surface area contributed by atoms with Crippen LogP contribution in [0.5, 0.6) is 0 Å². The van der Waals surface area contributed by atoms with E-state index in [4.69, 9.17) is 0 Å². The summed E-state index contributed by atoms with van der Waals surface area (Å²) in [5.74, 6) is -0.675. The first kappa shape index (κ1) is 20.0. The first-order valence-corrected chi connectivity index (χ1v) is 11.3. The summed E-state index contributed by atoms with van der Waals surface area (Å²) in [5, 5.41) is 4.65. The number of amides is 1. The van der Waals surface area contributed by atoms with E-state index >= 15 is 0 Å². The van der Waals surface area contributed by atoms with E-state index in [2.05, 4.69) is 5.32 Å². The zero-order valence-electron chi connectivity index (χ0n) is 14.9. The second-order valence-electron chi connectivity index (χ2n) is 6.66. The number of nitrogens with zero attached hydrogens (tertiary/aromatic N) is 1. The van der Waals surface area contributed by atoms with Crippen molar-refractivity contribution >= 4 is 27.3 Å². The number of piperidine rings is 1. The number of rotatable bonds is 7. The van der Waals surface area contributed by atoms with Crippen molar-refractivity contribution in [2.45, 2.75) is 29.9 Å². The molecule has 146 valence electrons. The highest BCUT2D eigenvalue weighted by molar-refractivity contribution is 7.91. The molecule has 0 saturated carbocycles. The number of thiophene rings is 1. The van der Waals surface area contributed by atoms with Gasteiger partial charge in [0.25, 0.3) is 10.0 Å². The van der Waals surface area contributed by atoms with Gasteiger partial charge in [-0.05, 0) is 54.8 Å². The quantitative estimate of drug-likeness (QED) is 0.714. The van der Waals surface area contributed by atoms with Crippen LogP contribution in [0, 0.1) is 11.7 Å². The third-order valence-electron chi connectivity index (χ3n) is 4.70. The van der Waals surface area contributed by atoms with Crippen LogP contribution in [0.1, 0.15) is 24.8 Å². The maximum atomic E-state index is 12.9. The third-order valence-corrected chi connectivity index (χ3v) is 7.94. The Morgan fingerprint density at radius 1 is 1.26 bits per heavy atom. The number of carbonyl (C=O) groups excluding carboxylic acids is 1. The first-order valence-electron chi connectivity index (χ1n) is 9.02. The van der Waals surface area contributed by atoms with Crippen molar-refractivity contribution in [3.05, 3.63) is 53.2 Å². The van der Waals surface area contributed by atoms with Crippen LogP contribution in [-0.2, 0) is 21.2 Å². The maximum absolute atomic E-state index is 12.9. The van der Waals surface area contributed by atoms with E-state index in [1.807, 2.05) is 0 Å². The molecule has 0 aliphatic carbocycles. The highest BCUT2D eigenvalue weighted by atomic mass is 32.2. The molecule has 0 bridgehead atoms. The molecule has 2 heterocycles. The molecule has 5 nitrogen and oxygen atoms in total. The molecule has 8 heteroatoms. The van der Waals surface area contributed by atoms with Crippen molar-refractivity contribution in [1.29, 1.82) is 0 Å². The zero-order valence-corrected chi connectivity index (χ0v) is 16.6. The molecular formula is C19H23FN2O3S2. The van der Waals surface area contributed by atoms with Gasteiger partial charge in [-0.3, -0.25) is 4.79 Å². The summed E-state index contributed by atoms with van der Waals surface area (Å²) in [6, 6.07) is 9.65. The van der Waals surface area contributed by atoms with Gasteiger partial charge in [-0.1, -0.05) is 18.2 Å². The number of hydrogen-bond donors (Lipinski definition) is 1. The fraction of sp³-hybridized carbons (Fsp3) is 0.421. The normalized spacial score (nSPS) is 18.3. The Bertz CT molecular complexity index is 852. The fourth-order valence-electron chi connectivity index (χ4n) is 3.21. The van der Waals surface area contributed by atoms with E-state index in [0.717, 1.165) is 18.4 Å². The van der Waals surface area contributed by atoms with Gasteiger partial charge in [-0.2, -0.15) is 4.31 Å². The van der Waals surface area contributed by atoms with Gasteiger partial charge >= 0.3 is 0 Å². The molecule has 1 aliphatic heterocycles. The van der Waals surface area contributed by atoms with Crippen LogP contribution in [0.25, 0.3) is 0 Å². The molecule has 0 spiro atoms. The predicted molar refractivity (Wildman–Crippen MR) is 104 cm³/mol. The minimum absolute atomic E-state index is 0.0971. The number of carbonyl (C=O) groups is 1. The number of sulfonamides is 1. The molecule has 3 rings (SSSR count). The van der Waals surface area contributed by atoms with Gasteiger partial charge in [0.05, 0.1) is 5.92 Å². The molecule has 1 aromatic heterocycles. The van der Waals surface area contributed by atoms with Crippen LogP contribution in [0.3, 0.4) is 0 Å². The van der Waals surface area contributed by atoms with Gasteiger partial charge in [-0.25, -0.2) is 12.8 Å². The molecule has 1 atom stereocenters. The SMILES string of the molecule is O=C(NCCCc1ccc(F)cc1)[C@H]1CCCN(S(=O)(=O)c2cccs2)C1. The van der Waals surface area contributed by atoms with E-state index in [0.29, 0.717) is 30.1 Å². The topological polar surface area (TPSA) is 66.5 Å². The van der Waals surface area contributed by atoms with Crippen molar-refractivity contribution in [2.24, 2.45) is 5.92 Å². The first-order chi connectivity index (χ1) is 13.0. The Hall–Kier alpha value is -1.77. The molecule has 1 saturated heterocycles. The zero-order chi connectivity index (χ0) is 19.3. The van der Waals surface area contributed by atoms with Crippen LogP contribution in [-0.4, -0.2) is 38.3 Å². The van der Waals surface area contributed by atoms with E-state index in [1.165, 1.54) is 27.8 Å². The second-order valence-corrected chi connectivity index (χ2v) is 9.77. The third kappa shape index (κ3) is 5.15. The van der Waals surface area contributed by atoms with Crippen LogP contribution in [0.4, 0.5) is 4.39 Å². The molecule has 2 aromatic rings. The summed E-state index contributed by atoms with van der Waals surface area (Å²) in [7, 11) is -3.51. The van der Waals surface area contributed by atoms with Crippen LogP contribution < -0.4 is 5.32 Å². The average molecular weight is 411 g/mol. The minimum atomic E-state index is -3.51. The molecule has 27 heavy (non-hydrogen) atoms. The lowest BCUT2D eigenvalue weighted by molar-refractivity contribution is -0.126. The average Bonchev–Trinajstić information content (AvgIpc) is 3.22. The standard InChI is InChI=1S/C19H23FN2O3S2/c20-17-9-7-15(8-10-17)4-1-11-21-19(23)16-5-2-12-22(14-16)27(24,25)18-6-3-13-26-18/h3,6-10,13,16H,1-2,4-5,11-12,14H2,(H,21,23)/t16-/m0/s1. The van der Waals surface area contributed by atoms with E-state index in [-0.39, 0.29) is 24.2 Å². The van der Waals surface area contributed by atoms with Crippen LogP contribution >= 0.6 is 11.3 Å². The van der Waals surface area contributed by atoms with Crippen LogP contribution in [0.2, 0.25) is 0 Å². The van der Waals surface area contributed by atoms with Gasteiger partial charge in [0.15, 0.2) is 0 Å². The predicted octanol–water partition coefficient (Wildman–Crippen LogP) is 3.04. The van der Waals surface area contributed by atoms with Crippen molar-refractivity contribution < 1.29 is 17.6 Å². The van der Waals surface area contributed by atoms with Crippen molar-refractivity contribution in [1.82, 2.24) is 9.62 Å². The largest absolute Gasteiger partial charge is 0.356 e. The van der Waals surface area contributed by atoms with Crippen molar-refractivity contribution in [3.8, 4) is 0 Å². The van der Waals surface area contributed by atoms with Crippen molar-refractivity contribution in [2.75, 3.05) is 19.6 Å². The van der Waals surface area contributed by atoms with Gasteiger partial charge in [0, 0.05) is 19.6 Å². The lowest BCUT2D eigenvalue weighted by atomic mass is 9.99. The number of hydrogen-bond acceptors (Lipinski definition) is 4. The number of nitrogens with one attached hydrogen (secondary N) is 1. The van der Waals surface area contributed by atoms with E-state index in [9.17, 15) is 17.6 Å². The molecular weight excluding hydrogens is 387 g/mol. The summed E-state index contributed by atoms with van der Waals surface area (Å²) in [6.45, 7) is 1.20. The monoisotopic (exact) mass is 410 g/mol. The number of halogens is 1. The second kappa shape index (κ2) is 8.95. The Balaban J connectivity index is 1.47. The Kier molecular flexibility index (Phi) is 6.62. The number of aryl methyl sites for hydroxylation is 1. The molecule has 1 fully saturated rings. The Morgan fingerprint density at radius 3 is 2.74 bits per heavy atom. The van der Waals surface area contributed by atoms with Gasteiger partial charge in [-0.15, -0.1) is 11.3 Å².